The van der Waals surface area contributed by atoms with Crippen molar-refractivity contribution in [3.8, 4) is 5.75 Å². The van der Waals surface area contributed by atoms with Crippen molar-refractivity contribution >= 4 is 11.6 Å². The fraction of sp³-hybridized carbons (Fsp3) is 0.190. The number of hydrogen-bond acceptors (Lipinski definition) is 4. The van der Waals surface area contributed by atoms with Crippen LogP contribution >= 0.6 is 0 Å². The molecule has 134 valence electrons. The summed E-state index contributed by atoms with van der Waals surface area (Å²) < 4.78 is 11.4. The summed E-state index contributed by atoms with van der Waals surface area (Å²) in [5.74, 6) is 1.26. The van der Waals surface area contributed by atoms with E-state index < -0.39 is 0 Å². The number of anilines is 1. The number of furan rings is 1. The molecule has 5 nitrogen and oxygen atoms in total. The molecule has 3 N–H and O–H groups in total. The molecule has 0 aliphatic rings. The fourth-order valence-corrected chi connectivity index (χ4v) is 2.64. The Morgan fingerprint density at radius 2 is 1.92 bits per heavy atom. The van der Waals surface area contributed by atoms with E-state index >= 15 is 0 Å². The number of amides is 1. The molecule has 1 aromatic heterocycles. The third-order valence-corrected chi connectivity index (χ3v) is 4.11. The number of benzene rings is 2. The van der Waals surface area contributed by atoms with Crippen LogP contribution in [-0.4, -0.2) is 5.91 Å². The molecule has 0 fully saturated rings. The maximum atomic E-state index is 12.3. The molecule has 0 saturated carbocycles. The highest BCUT2D eigenvalue weighted by Gasteiger charge is 2.13. The number of hydrogen-bond donors (Lipinski definition) is 2. The van der Waals surface area contributed by atoms with Gasteiger partial charge in [-0.2, -0.15) is 0 Å². The summed E-state index contributed by atoms with van der Waals surface area (Å²) in [4.78, 5) is 12.3. The van der Waals surface area contributed by atoms with Gasteiger partial charge in [-0.1, -0.05) is 30.3 Å². The number of carbonyl (C=O) groups excluding carboxylic acids is 1. The number of nitrogens with one attached hydrogen (secondary N) is 1. The Labute approximate surface area is 152 Å². The van der Waals surface area contributed by atoms with Crippen LogP contribution in [0.5, 0.6) is 5.75 Å². The number of rotatable bonds is 6. The van der Waals surface area contributed by atoms with Gasteiger partial charge in [0.15, 0.2) is 5.76 Å². The maximum absolute atomic E-state index is 12.3. The highest BCUT2D eigenvalue weighted by atomic mass is 16.5. The summed E-state index contributed by atoms with van der Waals surface area (Å²) in [5, 5.41) is 2.85. The van der Waals surface area contributed by atoms with Gasteiger partial charge >= 0.3 is 0 Å². The molecular weight excluding hydrogens is 328 g/mol. The molecule has 0 aliphatic carbocycles. The van der Waals surface area contributed by atoms with Crippen molar-refractivity contribution in [1.82, 2.24) is 0 Å². The first-order chi connectivity index (χ1) is 12.6. The van der Waals surface area contributed by atoms with Crippen LogP contribution in [0.3, 0.4) is 0 Å². The minimum atomic E-state index is -0.306. The van der Waals surface area contributed by atoms with Crippen LogP contribution in [0.4, 0.5) is 5.69 Å². The van der Waals surface area contributed by atoms with E-state index in [9.17, 15) is 4.79 Å². The number of aryl methyl sites for hydroxylation is 1. The average Bonchev–Trinajstić information content (AvgIpc) is 3.14. The third kappa shape index (κ3) is 4.13. The monoisotopic (exact) mass is 350 g/mol. The number of nitrogens with two attached hydrogens (primary N) is 1. The largest absolute Gasteiger partial charge is 0.486 e. The zero-order valence-electron chi connectivity index (χ0n) is 14.9. The maximum Gasteiger partial charge on any atom is 0.291 e. The van der Waals surface area contributed by atoms with Crippen molar-refractivity contribution in [1.29, 1.82) is 0 Å². The second-order valence-corrected chi connectivity index (χ2v) is 6.07. The molecule has 0 spiro atoms. The van der Waals surface area contributed by atoms with Crippen molar-refractivity contribution in [2.45, 2.75) is 26.5 Å². The van der Waals surface area contributed by atoms with Gasteiger partial charge in [-0.3, -0.25) is 4.79 Å². The van der Waals surface area contributed by atoms with Crippen LogP contribution in [0.1, 0.15) is 40.5 Å². The summed E-state index contributed by atoms with van der Waals surface area (Å²) in [6, 6.07) is 18.9. The zero-order valence-corrected chi connectivity index (χ0v) is 14.9. The lowest BCUT2D eigenvalue weighted by molar-refractivity contribution is 0.0995. The highest BCUT2D eigenvalue weighted by molar-refractivity contribution is 6.02. The summed E-state index contributed by atoms with van der Waals surface area (Å²) in [6.45, 7) is 4.19. The predicted molar refractivity (Wildman–Crippen MR) is 101 cm³/mol. The van der Waals surface area contributed by atoms with Gasteiger partial charge in [-0.05, 0) is 55.3 Å². The molecule has 0 bridgehead atoms. The van der Waals surface area contributed by atoms with Gasteiger partial charge in [0.05, 0.1) is 6.54 Å². The molecule has 3 aromatic rings. The van der Waals surface area contributed by atoms with E-state index in [1.54, 1.807) is 12.1 Å². The first-order valence-corrected chi connectivity index (χ1v) is 8.49. The van der Waals surface area contributed by atoms with Crippen molar-refractivity contribution in [3.05, 3.63) is 83.3 Å². The zero-order chi connectivity index (χ0) is 18.5. The quantitative estimate of drug-likeness (QED) is 0.689. The van der Waals surface area contributed by atoms with Crippen molar-refractivity contribution in [2.24, 2.45) is 5.73 Å². The molecule has 1 heterocycles. The summed E-state index contributed by atoms with van der Waals surface area (Å²) in [7, 11) is 0. The molecule has 26 heavy (non-hydrogen) atoms. The van der Waals surface area contributed by atoms with Gasteiger partial charge in [0.25, 0.3) is 5.91 Å². The fourth-order valence-electron chi connectivity index (χ4n) is 2.64. The Hall–Kier alpha value is -3.05. The normalized spacial score (nSPS) is 11.8. The predicted octanol–water partition coefficient (Wildman–Crippen LogP) is 4.44. The molecule has 0 saturated heterocycles. The molecule has 1 unspecified atom stereocenters. The SMILES string of the molecule is Cc1cc(OC(C)c2ccccc2)ccc1NC(=O)c1ccc(CN)o1. The molecule has 1 amide bonds. The minimum absolute atomic E-state index is 0.0613. The minimum Gasteiger partial charge on any atom is -0.486 e. The Morgan fingerprint density at radius 3 is 2.58 bits per heavy atom. The number of ether oxygens (including phenoxy) is 1. The Bertz CT molecular complexity index is 887. The van der Waals surface area contributed by atoms with E-state index in [1.165, 1.54) is 0 Å². The Kier molecular flexibility index (Phi) is 5.39. The second kappa shape index (κ2) is 7.89. The van der Waals surface area contributed by atoms with Crippen LogP contribution < -0.4 is 15.8 Å². The summed E-state index contributed by atoms with van der Waals surface area (Å²) in [5.41, 5.74) is 8.22. The molecule has 0 radical (unpaired) electrons. The van der Waals surface area contributed by atoms with E-state index in [-0.39, 0.29) is 24.3 Å². The van der Waals surface area contributed by atoms with Gasteiger partial charge in [-0.25, -0.2) is 0 Å². The van der Waals surface area contributed by atoms with Crippen LogP contribution in [0, 0.1) is 6.92 Å². The third-order valence-electron chi connectivity index (χ3n) is 4.11. The molecule has 3 rings (SSSR count). The lowest BCUT2D eigenvalue weighted by Gasteiger charge is -2.16. The standard InChI is InChI=1S/C21H22N2O3/c1-14-12-17(25-15(2)16-6-4-3-5-7-16)8-10-19(14)23-21(24)20-11-9-18(13-22)26-20/h3-12,15H,13,22H2,1-2H3,(H,23,24). The molecule has 5 heteroatoms. The molecule has 0 aliphatic heterocycles. The van der Waals surface area contributed by atoms with Crippen LogP contribution in [-0.2, 0) is 6.54 Å². The van der Waals surface area contributed by atoms with Gasteiger partial charge < -0.3 is 20.2 Å². The van der Waals surface area contributed by atoms with Crippen molar-refractivity contribution in [2.75, 3.05) is 5.32 Å². The average molecular weight is 350 g/mol. The molecular formula is C21H22N2O3. The van der Waals surface area contributed by atoms with E-state index in [0.717, 1.165) is 16.9 Å². The lowest BCUT2D eigenvalue weighted by Crippen LogP contribution is -2.12. The van der Waals surface area contributed by atoms with E-state index in [2.05, 4.69) is 5.32 Å². The van der Waals surface area contributed by atoms with Crippen LogP contribution in [0.2, 0.25) is 0 Å². The molecule has 1 atom stereocenters. The van der Waals surface area contributed by atoms with E-state index in [4.69, 9.17) is 14.9 Å². The van der Waals surface area contributed by atoms with Gasteiger partial charge in [-0.15, -0.1) is 0 Å². The van der Waals surface area contributed by atoms with E-state index in [1.807, 2.05) is 62.4 Å². The van der Waals surface area contributed by atoms with Gasteiger partial charge in [0.1, 0.15) is 17.6 Å². The molecule has 2 aromatic carbocycles. The van der Waals surface area contributed by atoms with Gasteiger partial charge in [0, 0.05) is 5.69 Å². The Balaban J connectivity index is 1.68. The summed E-state index contributed by atoms with van der Waals surface area (Å²) >= 11 is 0. The Morgan fingerprint density at radius 1 is 1.15 bits per heavy atom. The highest BCUT2D eigenvalue weighted by Crippen LogP contribution is 2.26. The number of carbonyl (C=O) groups is 1. The van der Waals surface area contributed by atoms with Gasteiger partial charge in [0.2, 0.25) is 0 Å². The topological polar surface area (TPSA) is 77.5 Å². The van der Waals surface area contributed by atoms with E-state index in [0.29, 0.717) is 11.4 Å². The first-order valence-electron chi connectivity index (χ1n) is 8.49. The first kappa shape index (κ1) is 17.8. The van der Waals surface area contributed by atoms with Crippen LogP contribution in [0.15, 0.2) is 65.1 Å². The van der Waals surface area contributed by atoms with Crippen molar-refractivity contribution in [3.63, 3.8) is 0 Å². The second-order valence-electron chi connectivity index (χ2n) is 6.07. The van der Waals surface area contributed by atoms with Crippen molar-refractivity contribution < 1.29 is 13.9 Å². The lowest BCUT2D eigenvalue weighted by atomic mass is 10.1. The summed E-state index contributed by atoms with van der Waals surface area (Å²) in [6.07, 6.45) is -0.0613. The van der Waals surface area contributed by atoms with Crippen LogP contribution in [0.25, 0.3) is 0 Å². The smallest absolute Gasteiger partial charge is 0.291 e.